The van der Waals surface area contributed by atoms with Crippen molar-refractivity contribution in [3.63, 3.8) is 0 Å². The maximum absolute atomic E-state index is 3.94. The first-order valence-electron chi connectivity index (χ1n) is 7.28. The molecule has 0 nitrogen and oxygen atoms in total. The summed E-state index contributed by atoms with van der Waals surface area (Å²) in [7, 11) is 0. The van der Waals surface area contributed by atoms with Crippen LogP contribution in [-0.2, 0) is 6.42 Å². The Hall–Kier alpha value is -0.300. The van der Waals surface area contributed by atoms with Gasteiger partial charge in [0.1, 0.15) is 0 Å². The van der Waals surface area contributed by atoms with Crippen molar-refractivity contribution in [1.82, 2.24) is 0 Å². The molecule has 1 atom stereocenters. The molecule has 102 valence electrons. The van der Waals surface area contributed by atoms with Crippen LogP contribution in [0, 0.1) is 19.8 Å². The Kier molecular flexibility index (Phi) is 6.99. The molecule has 0 saturated carbocycles. The van der Waals surface area contributed by atoms with Gasteiger partial charge in [-0.25, -0.2) is 0 Å². The number of hydrogen-bond acceptors (Lipinski definition) is 0. The third-order valence-corrected chi connectivity index (χ3v) is 4.82. The molecule has 0 amide bonds. The largest absolute Gasteiger partial charge is 0.0884 e. The average molecular weight is 311 g/mol. The predicted octanol–water partition coefficient (Wildman–Crippen LogP) is 5.83. The van der Waals surface area contributed by atoms with Crippen molar-refractivity contribution in [2.45, 2.75) is 64.6 Å². The fraction of sp³-hybridized carbons (Fsp3) is 0.647. The highest BCUT2D eigenvalue weighted by atomic mass is 79.9. The highest BCUT2D eigenvalue weighted by Crippen LogP contribution is 2.27. The van der Waals surface area contributed by atoms with E-state index < -0.39 is 0 Å². The van der Waals surface area contributed by atoms with E-state index in [1.807, 2.05) is 0 Å². The second kappa shape index (κ2) is 7.99. The predicted molar refractivity (Wildman–Crippen MR) is 85.6 cm³/mol. The van der Waals surface area contributed by atoms with Crippen LogP contribution in [0.2, 0.25) is 0 Å². The first-order valence-corrected chi connectivity index (χ1v) is 8.20. The van der Waals surface area contributed by atoms with Crippen LogP contribution in [0.15, 0.2) is 18.2 Å². The summed E-state index contributed by atoms with van der Waals surface area (Å²) in [5.41, 5.74) is 4.31. The molecule has 1 rings (SSSR count). The van der Waals surface area contributed by atoms with E-state index in [9.17, 15) is 0 Å². The number of aryl methyl sites for hydroxylation is 2. The second-order valence-electron chi connectivity index (χ2n) is 5.49. The maximum atomic E-state index is 3.94. The highest BCUT2D eigenvalue weighted by molar-refractivity contribution is 9.09. The van der Waals surface area contributed by atoms with Gasteiger partial charge in [0.05, 0.1) is 0 Å². The molecule has 0 heterocycles. The Balaban J connectivity index is 2.71. The lowest BCUT2D eigenvalue weighted by Gasteiger charge is -2.22. The van der Waals surface area contributed by atoms with E-state index in [4.69, 9.17) is 0 Å². The van der Waals surface area contributed by atoms with E-state index in [-0.39, 0.29) is 0 Å². The van der Waals surface area contributed by atoms with Crippen LogP contribution in [-0.4, -0.2) is 4.83 Å². The number of alkyl halides is 1. The minimum atomic E-state index is 0.623. The Morgan fingerprint density at radius 1 is 1.06 bits per heavy atom. The van der Waals surface area contributed by atoms with E-state index >= 15 is 0 Å². The number of benzene rings is 1. The van der Waals surface area contributed by atoms with Gasteiger partial charge < -0.3 is 0 Å². The molecule has 1 aromatic carbocycles. The quantitative estimate of drug-likeness (QED) is 0.556. The van der Waals surface area contributed by atoms with Gasteiger partial charge >= 0.3 is 0 Å². The van der Waals surface area contributed by atoms with Crippen LogP contribution in [0.25, 0.3) is 0 Å². The van der Waals surface area contributed by atoms with Gasteiger partial charge in [-0.05, 0) is 50.2 Å². The summed E-state index contributed by atoms with van der Waals surface area (Å²) >= 11 is 3.94. The molecule has 0 N–H and O–H groups in total. The monoisotopic (exact) mass is 310 g/mol. The van der Waals surface area contributed by atoms with Crippen LogP contribution in [0.1, 0.15) is 56.2 Å². The topological polar surface area (TPSA) is 0 Å². The maximum Gasteiger partial charge on any atom is 0.0214 e. The molecule has 0 aromatic heterocycles. The standard InChI is InChI=1S/C17H27Br/c1-5-7-15(8-6-2)17(18)12-16-11-13(3)9-10-14(16)4/h9-11,15,17H,5-8,12H2,1-4H3. The van der Waals surface area contributed by atoms with Crippen molar-refractivity contribution in [2.24, 2.45) is 5.92 Å². The summed E-state index contributed by atoms with van der Waals surface area (Å²) in [6, 6.07) is 6.80. The SMILES string of the molecule is CCCC(CCC)C(Br)Cc1cc(C)ccc1C. The summed E-state index contributed by atoms with van der Waals surface area (Å²) in [6.45, 7) is 8.99. The highest BCUT2D eigenvalue weighted by Gasteiger charge is 2.18. The molecule has 0 saturated heterocycles. The normalized spacial score (nSPS) is 13.0. The van der Waals surface area contributed by atoms with Crippen molar-refractivity contribution in [2.75, 3.05) is 0 Å². The van der Waals surface area contributed by atoms with Crippen molar-refractivity contribution >= 4 is 15.9 Å². The summed E-state index contributed by atoms with van der Waals surface area (Å²) in [5, 5.41) is 0. The van der Waals surface area contributed by atoms with Crippen molar-refractivity contribution in [1.29, 1.82) is 0 Å². The Morgan fingerprint density at radius 3 is 2.22 bits per heavy atom. The van der Waals surface area contributed by atoms with Gasteiger partial charge in [-0.15, -0.1) is 0 Å². The molecule has 0 fully saturated rings. The van der Waals surface area contributed by atoms with Gasteiger partial charge in [-0.1, -0.05) is 66.4 Å². The molecule has 0 radical (unpaired) electrons. The number of halogens is 1. The van der Waals surface area contributed by atoms with Gasteiger partial charge in [-0.3, -0.25) is 0 Å². The van der Waals surface area contributed by atoms with Gasteiger partial charge in [0.2, 0.25) is 0 Å². The first kappa shape index (κ1) is 15.8. The van der Waals surface area contributed by atoms with Gasteiger partial charge in [0.25, 0.3) is 0 Å². The summed E-state index contributed by atoms with van der Waals surface area (Å²) < 4.78 is 0. The number of rotatable bonds is 7. The van der Waals surface area contributed by atoms with Crippen LogP contribution in [0.4, 0.5) is 0 Å². The van der Waals surface area contributed by atoms with Crippen molar-refractivity contribution in [3.05, 3.63) is 34.9 Å². The molecule has 18 heavy (non-hydrogen) atoms. The minimum Gasteiger partial charge on any atom is -0.0884 e. The fourth-order valence-corrected chi connectivity index (χ4v) is 3.52. The smallest absolute Gasteiger partial charge is 0.0214 e. The van der Waals surface area contributed by atoms with Crippen LogP contribution in [0.3, 0.4) is 0 Å². The molecule has 0 aliphatic heterocycles. The lowest BCUT2D eigenvalue weighted by atomic mass is 9.90. The summed E-state index contributed by atoms with van der Waals surface area (Å²) in [5.74, 6) is 0.819. The first-order chi connectivity index (χ1) is 8.58. The fourth-order valence-electron chi connectivity index (χ4n) is 2.64. The third kappa shape index (κ3) is 4.76. The Morgan fingerprint density at radius 2 is 1.67 bits per heavy atom. The van der Waals surface area contributed by atoms with Crippen LogP contribution < -0.4 is 0 Å². The van der Waals surface area contributed by atoms with Crippen molar-refractivity contribution in [3.8, 4) is 0 Å². The molecule has 0 aliphatic carbocycles. The van der Waals surface area contributed by atoms with E-state index in [2.05, 4.69) is 61.8 Å². The van der Waals surface area contributed by atoms with E-state index in [0.717, 1.165) is 12.3 Å². The Labute approximate surface area is 121 Å². The molecular formula is C17H27Br. The lowest BCUT2D eigenvalue weighted by Crippen LogP contribution is -2.17. The zero-order valence-electron chi connectivity index (χ0n) is 12.3. The lowest BCUT2D eigenvalue weighted by molar-refractivity contribution is 0.427. The molecule has 1 heteroatoms. The van der Waals surface area contributed by atoms with Crippen molar-refractivity contribution < 1.29 is 0 Å². The van der Waals surface area contributed by atoms with Crippen LogP contribution in [0.5, 0.6) is 0 Å². The minimum absolute atomic E-state index is 0.623. The molecular weight excluding hydrogens is 284 g/mol. The average Bonchev–Trinajstić information content (AvgIpc) is 2.33. The summed E-state index contributed by atoms with van der Waals surface area (Å²) in [4.78, 5) is 0.623. The zero-order chi connectivity index (χ0) is 13.5. The van der Waals surface area contributed by atoms with Gasteiger partial charge in [0.15, 0.2) is 0 Å². The molecule has 0 spiro atoms. The van der Waals surface area contributed by atoms with E-state index in [1.54, 1.807) is 0 Å². The zero-order valence-corrected chi connectivity index (χ0v) is 13.9. The summed E-state index contributed by atoms with van der Waals surface area (Å²) in [6.07, 6.45) is 6.43. The molecule has 0 bridgehead atoms. The van der Waals surface area contributed by atoms with Crippen LogP contribution >= 0.6 is 15.9 Å². The molecule has 1 unspecified atom stereocenters. The van der Waals surface area contributed by atoms with Gasteiger partial charge in [0, 0.05) is 4.83 Å². The third-order valence-electron chi connectivity index (χ3n) is 3.75. The molecule has 0 aliphatic rings. The second-order valence-corrected chi connectivity index (χ2v) is 6.66. The van der Waals surface area contributed by atoms with E-state index in [1.165, 1.54) is 42.4 Å². The Bertz CT molecular complexity index is 351. The number of hydrogen-bond donors (Lipinski definition) is 0. The van der Waals surface area contributed by atoms with Gasteiger partial charge in [-0.2, -0.15) is 0 Å². The molecule has 1 aromatic rings. The van der Waals surface area contributed by atoms with E-state index in [0.29, 0.717) is 4.83 Å².